The van der Waals surface area contributed by atoms with Crippen molar-refractivity contribution in [2.45, 2.75) is 32.2 Å². The Bertz CT molecular complexity index is 1390. The summed E-state index contributed by atoms with van der Waals surface area (Å²) in [5.41, 5.74) is -0.917. The van der Waals surface area contributed by atoms with E-state index in [1.54, 1.807) is 24.3 Å². The van der Waals surface area contributed by atoms with Crippen LogP contribution in [-0.4, -0.2) is 40.0 Å². The number of aromatic nitrogens is 2. The first kappa shape index (κ1) is 23.9. The van der Waals surface area contributed by atoms with Gasteiger partial charge in [0.05, 0.1) is 40.6 Å². The van der Waals surface area contributed by atoms with Gasteiger partial charge in [-0.25, -0.2) is 4.98 Å². The van der Waals surface area contributed by atoms with Gasteiger partial charge in [-0.1, -0.05) is 12.1 Å². The van der Waals surface area contributed by atoms with Gasteiger partial charge in [0, 0.05) is 6.54 Å². The number of alkyl halides is 3. The Morgan fingerprint density at radius 2 is 1.91 bits per heavy atom. The van der Waals surface area contributed by atoms with Crippen molar-refractivity contribution in [2.24, 2.45) is 0 Å². The number of rotatable bonds is 5. The maximum Gasteiger partial charge on any atom is 0.416 e. The Balaban J connectivity index is 1.43. The molecular formula is C23H19F3N4O5. The van der Waals surface area contributed by atoms with Crippen LogP contribution >= 0.6 is 0 Å². The normalized spacial score (nSPS) is 14.3. The van der Waals surface area contributed by atoms with Crippen LogP contribution in [0.2, 0.25) is 0 Å². The second-order valence-electron chi connectivity index (χ2n) is 7.84. The molecule has 1 N–H and O–H groups in total. The number of carbonyl (C=O) groups excluding carboxylic acids is 3. The fraction of sp³-hybridized carbons (Fsp3) is 0.261. The van der Waals surface area contributed by atoms with E-state index in [2.05, 4.69) is 10.3 Å². The fourth-order valence-electron chi connectivity index (χ4n) is 3.67. The van der Waals surface area contributed by atoms with Gasteiger partial charge >= 0.3 is 12.1 Å². The van der Waals surface area contributed by atoms with Crippen molar-refractivity contribution in [3.8, 4) is 0 Å². The lowest BCUT2D eigenvalue weighted by atomic mass is 10.1. The molecule has 0 saturated carbocycles. The number of carbonyl (C=O) groups is 3. The van der Waals surface area contributed by atoms with Crippen molar-refractivity contribution in [1.29, 1.82) is 0 Å². The number of benzene rings is 2. The predicted octanol–water partition coefficient (Wildman–Crippen LogP) is 2.72. The maximum atomic E-state index is 13.0. The lowest BCUT2D eigenvalue weighted by Crippen LogP contribution is -2.47. The third-order valence-electron chi connectivity index (χ3n) is 5.40. The lowest BCUT2D eigenvalue weighted by molar-refractivity contribution is -0.154. The molecular weight excluding hydrogens is 469 g/mol. The molecule has 2 aromatic carbocycles. The summed E-state index contributed by atoms with van der Waals surface area (Å²) in [6.07, 6.45) is -4.87. The number of nitrogens with zero attached hydrogens (tertiary/aromatic N) is 3. The number of amides is 2. The van der Waals surface area contributed by atoms with E-state index in [-0.39, 0.29) is 29.9 Å². The van der Waals surface area contributed by atoms with Crippen molar-refractivity contribution in [2.75, 3.05) is 16.8 Å². The first-order valence-electron chi connectivity index (χ1n) is 10.5. The molecule has 2 amide bonds. The summed E-state index contributed by atoms with van der Waals surface area (Å²) in [6, 6.07) is 9.34. The Labute approximate surface area is 196 Å². The van der Waals surface area contributed by atoms with E-state index in [0.29, 0.717) is 10.9 Å². The largest absolute Gasteiger partial charge is 0.452 e. The van der Waals surface area contributed by atoms with Crippen molar-refractivity contribution in [3.05, 3.63) is 64.7 Å². The van der Waals surface area contributed by atoms with Gasteiger partial charge in [-0.05, 0) is 37.3 Å². The minimum absolute atomic E-state index is 0.0361. The van der Waals surface area contributed by atoms with E-state index >= 15 is 0 Å². The molecule has 1 aromatic heterocycles. The second kappa shape index (κ2) is 9.20. The third-order valence-corrected chi connectivity index (χ3v) is 5.40. The van der Waals surface area contributed by atoms with Crippen LogP contribution in [0.1, 0.15) is 18.9 Å². The Morgan fingerprint density at radius 1 is 1.17 bits per heavy atom. The highest BCUT2D eigenvalue weighted by Crippen LogP contribution is 2.37. The van der Waals surface area contributed by atoms with Crippen LogP contribution in [0.4, 0.5) is 24.5 Å². The van der Waals surface area contributed by atoms with E-state index in [4.69, 9.17) is 4.74 Å². The lowest BCUT2D eigenvalue weighted by Gasteiger charge is -2.31. The quantitative estimate of drug-likeness (QED) is 0.553. The molecule has 2 heterocycles. The van der Waals surface area contributed by atoms with E-state index in [1.807, 2.05) is 0 Å². The summed E-state index contributed by atoms with van der Waals surface area (Å²) in [6.45, 7) is 0.809. The molecule has 1 aliphatic rings. The van der Waals surface area contributed by atoms with Crippen LogP contribution in [0, 0.1) is 0 Å². The van der Waals surface area contributed by atoms with Crippen molar-refractivity contribution >= 4 is 40.1 Å². The molecule has 0 saturated heterocycles. The molecule has 0 unspecified atom stereocenters. The van der Waals surface area contributed by atoms with Gasteiger partial charge < -0.3 is 10.1 Å². The molecule has 0 fully saturated rings. The van der Waals surface area contributed by atoms with Gasteiger partial charge in [0.2, 0.25) is 5.91 Å². The smallest absolute Gasteiger partial charge is 0.416 e. The summed E-state index contributed by atoms with van der Waals surface area (Å²) in [5, 5.41) is 2.71. The number of ether oxygens (including phenoxy) is 1. The molecule has 0 bridgehead atoms. The number of para-hydroxylation sites is 1. The molecule has 35 heavy (non-hydrogen) atoms. The van der Waals surface area contributed by atoms with Crippen molar-refractivity contribution < 1.29 is 32.3 Å². The number of hydrogen-bond donors (Lipinski definition) is 1. The minimum atomic E-state index is -4.63. The van der Waals surface area contributed by atoms with Gasteiger partial charge in [0.25, 0.3) is 11.5 Å². The monoisotopic (exact) mass is 488 g/mol. The molecule has 1 aliphatic heterocycles. The molecule has 12 heteroatoms. The maximum absolute atomic E-state index is 13.0. The molecule has 3 aromatic rings. The average molecular weight is 488 g/mol. The van der Waals surface area contributed by atoms with Crippen molar-refractivity contribution in [1.82, 2.24) is 9.55 Å². The van der Waals surface area contributed by atoms with Crippen LogP contribution in [-0.2, 0) is 31.8 Å². The fourth-order valence-corrected chi connectivity index (χ4v) is 3.67. The first-order valence-corrected chi connectivity index (χ1v) is 10.5. The van der Waals surface area contributed by atoms with Crippen LogP contribution < -0.4 is 15.8 Å². The van der Waals surface area contributed by atoms with E-state index in [0.717, 1.165) is 23.1 Å². The summed E-state index contributed by atoms with van der Waals surface area (Å²) in [7, 11) is 0. The van der Waals surface area contributed by atoms with Gasteiger partial charge in [-0.15, -0.1) is 0 Å². The Morgan fingerprint density at radius 3 is 2.66 bits per heavy atom. The Hall–Kier alpha value is -4.22. The van der Waals surface area contributed by atoms with Gasteiger partial charge in [-0.2, -0.15) is 13.2 Å². The minimum Gasteiger partial charge on any atom is -0.452 e. The zero-order valence-corrected chi connectivity index (χ0v) is 18.3. The van der Waals surface area contributed by atoms with Crippen molar-refractivity contribution in [3.63, 3.8) is 0 Å². The average Bonchev–Trinajstić information content (AvgIpc) is 2.81. The molecule has 9 nitrogen and oxygen atoms in total. The van der Waals surface area contributed by atoms with E-state index in [9.17, 15) is 32.3 Å². The van der Waals surface area contributed by atoms with E-state index < -0.39 is 42.2 Å². The topological polar surface area (TPSA) is 111 Å². The number of esters is 1. The highest BCUT2D eigenvalue weighted by atomic mass is 19.4. The summed E-state index contributed by atoms with van der Waals surface area (Å²) in [4.78, 5) is 54.8. The molecule has 1 atom stereocenters. The van der Waals surface area contributed by atoms with Gasteiger partial charge in [0.15, 0.2) is 6.10 Å². The Kier molecular flexibility index (Phi) is 6.29. The number of anilines is 2. The zero-order chi connectivity index (χ0) is 25.3. The highest BCUT2D eigenvalue weighted by molar-refractivity contribution is 6.11. The summed E-state index contributed by atoms with van der Waals surface area (Å²) < 4.78 is 45.4. The summed E-state index contributed by atoms with van der Waals surface area (Å²) in [5.74, 6) is -2.24. The molecule has 4 rings (SSSR count). The van der Waals surface area contributed by atoms with Gasteiger partial charge in [-0.3, -0.25) is 28.6 Å². The number of hydrogen-bond acceptors (Lipinski definition) is 6. The SMILES string of the molecule is C[C@@H](OC(=O)CCn1cnc2ccccc2c1=O)C(=O)N1CC(=O)Nc2cc(C(F)(F)F)ccc21. The molecule has 0 radical (unpaired) electrons. The van der Waals surface area contributed by atoms with Crippen LogP contribution in [0.5, 0.6) is 0 Å². The first-order chi connectivity index (χ1) is 16.5. The number of halogens is 3. The van der Waals surface area contributed by atoms with Crippen LogP contribution in [0.15, 0.2) is 53.6 Å². The van der Waals surface area contributed by atoms with Gasteiger partial charge in [0.1, 0.15) is 6.54 Å². The molecule has 0 aliphatic carbocycles. The number of fused-ring (bicyclic) bond motifs is 2. The molecule has 182 valence electrons. The molecule has 0 spiro atoms. The van der Waals surface area contributed by atoms with Crippen LogP contribution in [0.25, 0.3) is 10.9 Å². The zero-order valence-electron chi connectivity index (χ0n) is 18.3. The summed E-state index contributed by atoms with van der Waals surface area (Å²) >= 11 is 0. The number of nitrogens with one attached hydrogen (secondary N) is 1. The van der Waals surface area contributed by atoms with Crippen LogP contribution in [0.3, 0.4) is 0 Å². The second-order valence-corrected chi connectivity index (χ2v) is 7.84. The van der Waals surface area contributed by atoms with E-state index in [1.165, 1.54) is 17.8 Å². The predicted molar refractivity (Wildman–Crippen MR) is 119 cm³/mol. The standard InChI is InChI=1S/C23H19F3N4O5/c1-13(35-20(32)8-9-29-12-27-16-5-3-2-4-15(16)22(29)34)21(33)30-11-19(31)28-17-10-14(23(24,25)26)6-7-18(17)30/h2-7,10,12-13H,8-9,11H2,1H3,(H,28,31)/t13-/m1/s1. The highest BCUT2D eigenvalue weighted by Gasteiger charge is 2.35. The third kappa shape index (κ3) is 5.00. The number of aryl methyl sites for hydroxylation is 1.